The molecule has 8 nitrogen and oxygen atoms in total. The molecule has 2 aliphatic heterocycles. The summed E-state index contributed by atoms with van der Waals surface area (Å²) in [4.78, 5) is 21.9. The van der Waals surface area contributed by atoms with E-state index in [0.717, 1.165) is 23.4 Å². The van der Waals surface area contributed by atoms with Crippen LogP contribution in [0.4, 0.5) is 5.69 Å². The fourth-order valence-electron chi connectivity index (χ4n) is 4.09. The third-order valence-electron chi connectivity index (χ3n) is 5.73. The first-order valence-electron chi connectivity index (χ1n) is 10.7. The number of fused-ring (bicyclic) bond motifs is 1. The van der Waals surface area contributed by atoms with E-state index in [1.165, 1.54) is 0 Å². The summed E-state index contributed by atoms with van der Waals surface area (Å²) < 4.78 is 29.9. The molecular weight excluding hydrogens is 458 g/mol. The molecule has 0 unspecified atom stereocenters. The monoisotopic (exact) mass is 481 g/mol. The highest BCUT2D eigenvalue weighted by Gasteiger charge is 2.27. The maximum absolute atomic E-state index is 12.9. The van der Waals surface area contributed by atoms with E-state index in [4.69, 9.17) is 0 Å². The van der Waals surface area contributed by atoms with Gasteiger partial charge in [0.25, 0.3) is 15.9 Å². The molecule has 4 heterocycles. The van der Waals surface area contributed by atoms with Crippen LogP contribution < -0.4 is 5.32 Å². The van der Waals surface area contributed by atoms with Crippen LogP contribution in [0.15, 0.2) is 69.5 Å². The van der Waals surface area contributed by atoms with E-state index in [9.17, 15) is 13.2 Å². The SMILES string of the molecule is O=C(c1cccnc1)N1CCCN(CC2=NS(=O)(=O)c3cc(-c4cccs4)ccc3N2)CC1. The summed E-state index contributed by atoms with van der Waals surface area (Å²) in [7, 11) is -3.79. The molecule has 1 amide bonds. The molecule has 0 atom stereocenters. The predicted molar refractivity (Wildman–Crippen MR) is 129 cm³/mol. The van der Waals surface area contributed by atoms with Gasteiger partial charge >= 0.3 is 0 Å². The van der Waals surface area contributed by atoms with Crippen molar-refractivity contribution in [2.24, 2.45) is 4.40 Å². The van der Waals surface area contributed by atoms with Crippen molar-refractivity contribution in [3.63, 3.8) is 0 Å². The Bertz CT molecular complexity index is 1290. The number of hydrogen-bond donors (Lipinski definition) is 1. The Labute approximate surface area is 196 Å². The van der Waals surface area contributed by atoms with Crippen molar-refractivity contribution in [2.75, 3.05) is 38.0 Å². The van der Waals surface area contributed by atoms with Gasteiger partial charge in [-0.2, -0.15) is 8.42 Å². The van der Waals surface area contributed by atoms with Gasteiger partial charge < -0.3 is 10.2 Å². The van der Waals surface area contributed by atoms with Gasteiger partial charge in [0.2, 0.25) is 0 Å². The predicted octanol–water partition coefficient (Wildman–Crippen LogP) is 3.17. The Hall–Kier alpha value is -3.08. The van der Waals surface area contributed by atoms with Gasteiger partial charge in [0, 0.05) is 43.4 Å². The van der Waals surface area contributed by atoms with Gasteiger partial charge in [-0.25, -0.2) is 0 Å². The molecule has 0 spiro atoms. The van der Waals surface area contributed by atoms with Gasteiger partial charge in [0.15, 0.2) is 0 Å². The third kappa shape index (κ3) is 4.68. The third-order valence-corrected chi connectivity index (χ3v) is 8.01. The summed E-state index contributed by atoms with van der Waals surface area (Å²) in [5, 5.41) is 5.16. The van der Waals surface area contributed by atoms with E-state index >= 15 is 0 Å². The molecule has 1 N–H and O–H groups in total. The fraction of sp³-hybridized carbons (Fsp3) is 0.261. The minimum Gasteiger partial charge on any atom is -0.341 e. The average molecular weight is 482 g/mol. The van der Waals surface area contributed by atoms with Crippen LogP contribution in [0.25, 0.3) is 10.4 Å². The summed E-state index contributed by atoms with van der Waals surface area (Å²) in [6.45, 7) is 2.98. The summed E-state index contributed by atoms with van der Waals surface area (Å²) in [6, 6.07) is 12.8. The average Bonchev–Trinajstić information content (AvgIpc) is 3.26. The van der Waals surface area contributed by atoms with Crippen molar-refractivity contribution in [1.29, 1.82) is 0 Å². The number of nitrogens with zero attached hydrogens (tertiary/aromatic N) is 4. The van der Waals surface area contributed by atoms with Crippen LogP contribution >= 0.6 is 11.3 Å². The number of amidine groups is 1. The lowest BCUT2D eigenvalue weighted by Crippen LogP contribution is -2.39. The zero-order chi connectivity index (χ0) is 22.8. The van der Waals surface area contributed by atoms with Gasteiger partial charge in [0.1, 0.15) is 10.7 Å². The largest absolute Gasteiger partial charge is 0.341 e. The molecule has 0 radical (unpaired) electrons. The van der Waals surface area contributed by atoms with Crippen molar-refractivity contribution < 1.29 is 13.2 Å². The molecule has 0 bridgehead atoms. The van der Waals surface area contributed by atoms with Crippen LogP contribution in [-0.4, -0.2) is 67.7 Å². The maximum atomic E-state index is 12.9. The topological polar surface area (TPSA) is 95.0 Å². The second kappa shape index (κ2) is 9.05. The molecule has 2 aliphatic rings. The van der Waals surface area contributed by atoms with Crippen LogP contribution in [0.3, 0.4) is 0 Å². The number of rotatable bonds is 4. The van der Waals surface area contributed by atoms with Crippen LogP contribution in [0, 0.1) is 0 Å². The molecule has 1 aromatic carbocycles. The van der Waals surface area contributed by atoms with Crippen molar-refractivity contribution in [1.82, 2.24) is 14.8 Å². The Morgan fingerprint density at radius 2 is 2.00 bits per heavy atom. The number of thiophene rings is 1. The lowest BCUT2D eigenvalue weighted by molar-refractivity contribution is 0.0762. The molecular formula is C23H23N5O3S2. The molecule has 3 aromatic rings. The van der Waals surface area contributed by atoms with Crippen molar-refractivity contribution in [3.05, 3.63) is 65.8 Å². The second-order valence-electron chi connectivity index (χ2n) is 7.99. The van der Waals surface area contributed by atoms with E-state index in [2.05, 4.69) is 19.6 Å². The molecule has 10 heteroatoms. The number of carbonyl (C=O) groups excluding carboxylic acids is 1. The summed E-state index contributed by atoms with van der Waals surface area (Å²) in [5.41, 5.74) is 1.98. The number of benzene rings is 1. The molecule has 0 saturated carbocycles. The molecule has 170 valence electrons. The number of pyridine rings is 1. The normalized spacial score (nSPS) is 18.1. The van der Waals surface area contributed by atoms with Crippen LogP contribution in [0.5, 0.6) is 0 Å². The minimum atomic E-state index is -3.79. The Morgan fingerprint density at radius 1 is 1.09 bits per heavy atom. The Morgan fingerprint density at radius 3 is 2.79 bits per heavy atom. The van der Waals surface area contributed by atoms with Gasteiger partial charge in [-0.1, -0.05) is 12.1 Å². The summed E-state index contributed by atoms with van der Waals surface area (Å²) in [5.74, 6) is 0.370. The Kier molecular flexibility index (Phi) is 5.96. The van der Waals surface area contributed by atoms with Crippen molar-refractivity contribution in [2.45, 2.75) is 11.3 Å². The highest BCUT2D eigenvalue weighted by atomic mass is 32.2. The molecule has 5 rings (SSSR count). The molecule has 1 saturated heterocycles. The van der Waals surface area contributed by atoms with E-state index in [1.807, 2.05) is 28.5 Å². The minimum absolute atomic E-state index is 0.0314. The van der Waals surface area contributed by atoms with Crippen LogP contribution in [-0.2, 0) is 10.0 Å². The van der Waals surface area contributed by atoms with E-state index in [1.54, 1.807) is 48.0 Å². The number of amides is 1. The van der Waals surface area contributed by atoms with Gasteiger partial charge in [-0.3, -0.25) is 14.7 Å². The molecule has 1 fully saturated rings. The first kappa shape index (κ1) is 21.7. The second-order valence-corrected chi connectivity index (χ2v) is 10.5. The quantitative estimate of drug-likeness (QED) is 0.615. The number of hydrogen-bond acceptors (Lipinski definition) is 7. The number of carbonyl (C=O) groups is 1. The number of anilines is 1. The molecule has 33 heavy (non-hydrogen) atoms. The van der Waals surface area contributed by atoms with Gasteiger partial charge in [-0.05, 0) is 47.7 Å². The smallest absolute Gasteiger partial charge is 0.286 e. The fourth-order valence-corrected chi connectivity index (χ4v) is 5.98. The lowest BCUT2D eigenvalue weighted by atomic mass is 10.1. The maximum Gasteiger partial charge on any atom is 0.286 e. The molecule has 0 aliphatic carbocycles. The first-order chi connectivity index (χ1) is 16.0. The van der Waals surface area contributed by atoms with Gasteiger partial charge in [0.05, 0.1) is 17.8 Å². The highest BCUT2D eigenvalue weighted by molar-refractivity contribution is 7.90. The number of nitrogens with one attached hydrogen (secondary N) is 1. The van der Waals surface area contributed by atoms with E-state index < -0.39 is 10.0 Å². The van der Waals surface area contributed by atoms with Gasteiger partial charge in [-0.15, -0.1) is 15.7 Å². The number of sulfonamides is 1. The first-order valence-corrected chi connectivity index (χ1v) is 13.0. The Balaban J connectivity index is 1.27. The summed E-state index contributed by atoms with van der Waals surface area (Å²) in [6.07, 6.45) is 4.03. The number of aromatic nitrogens is 1. The van der Waals surface area contributed by atoms with Crippen LogP contribution in [0.2, 0.25) is 0 Å². The van der Waals surface area contributed by atoms with Crippen molar-refractivity contribution >= 4 is 38.8 Å². The van der Waals surface area contributed by atoms with E-state index in [-0.39, 0.29) is 10.8 Å². The lowest BCUT2D eigenvalue weighted by Gasteiger charge is -2.25. The van der Waals surface area contributed by atoms with Crippen LogP contribution in [0.1, 0.15) is 16.8 Å². The molecule has 2 aromatic heterocycles. The van der Waals surface area contributed by atoms with E-state index in [0.29, 0.717) is 43.3 Å². The standard InChI is InChI=1S/C23H23N5O3S2/c29-23(18-4-1-8-24-15-18)28-10-3-9-27(11-12-28)16-22-25-19-7-6-17(20-5-2-13-32-20)14-21(19)33(30,31)26-22/h1-2,4-8,13-15H,3,9-12,16H2,(H,25,26). The van der Waals surface area contributed by atoms with Crippen molar-refractivity contribution in [3.8, 4) is 10.4 Å². The zero-order valence-electron chi connectivity index (χ0n) is 17.8. The zero-order valence-corrected chi connectivity index (χ0v) is 19.5. The highest BCUT2D eigenvalue weighted by Crippen LogP contribution is 2.33. The summed E-state index contributed by atoms with van der Waals surface area (Å²) >= 11 is 1.56.